The Balaban J connectivity index is 1.37. The van der Waals surface area contributed by atoms with Crippen molar-refractivity contribution in [2.45, 2.75) is 57.6 Å². The predicted molar refractivity (Wildman–Crippen MR) is 188 cm³/mol. The number of hydrogen-bond acceptors (Lipinski definition) is 7. The van der Waals surface area contributed by atoms with Crippen molar-refractivity contribution < 1.29 is 19.0 Å². The van der Waals surface area contributed by atoms with Crippen LogP contribution in [0.3, 0.4) is 0 Å². The quantitative estimate of drug-likeness (QED) is 0.0589. The lowest BCUT2D eigenvalue weighted by molar-refractivity contribution is -0.614. The van der Waals surface area contributed by atoms with Crippen LogP contribution < -0.4 is 10.0 Å². The summed E-state index contributed by atoms with van der Waals surface area (Å²) < 4.78 is 15.7. The summed E-state index contributed by atoms with van der Waals surface area (Å²) in [5.74, 6) is 1.05. The predicted octanol–water partition coefficient (Wildman–Crippen LogP) is 7.51. The van der Waals surface area contributed by atoms with Crippen molar-refractivity contribution in [3.05, 3.63) is 101 Å². The molecule has 0 saturated heterocycles. The first-order valence-electron chi connectivity index (χ1n) is 16.1. The molecule has 48 heavy (non-hydrogen) atoms. The summed E-state index contributed by atoms with van der Waals surface area (Å²) >= 11 is 6.40. The van der Waals surface area contributed by atoms with Gasteiger partial charge in [0, 0.05) is 42.6 Å². The van der Waals surface area contributed by atoms with Crippen LogP contribution in [0.4, 0.5) is 10.5 Å². The molecule has 13 heteroatoms. The average molecular weight is 686 g/mol. The molecule has 250 valence electrons. The van der Waals surface area contributed by atoms with E-state index in [2.05, 4.69) is 39.8 Å². The molecule has 1 saturated carbocycles. The van der Waals surface area contributed by atoms with Crippen LogP contribution >= 0.6 is 11.6 Å². The van der Waals surface area contributed by atoms with E-state index in [9.17, 15) is 10.0 Å². The molecule has 1 amide bonds. The third kappa shape index (κ3) is 7.95. The van der Waals surface area contributed by atoms with Crippen molar-refractivity contribution in [1.29, 1.82) is 0 Å². The van der Waals surface area contributed by atoms with Crippen LogP contribution in [0.15, 0.2) is 79.4 Å². The number of aromatic nitrogens is 6. The minimum Gasteiger partial charge on any atom is -0.618 e. The van der Waals surface area contributed by atoms with Crippen LogP contribution in [0.25, 0.3) is 28.1 Å². The van der Waals surface area contributed by atoms with E-state index in [-0.39, 0.29) is 5.92 Å². The topological polar surface area (TPSA) is 123 Å². The third-order valence-electron chi connectivity index (χ3n) is 8.53. The van der Waals surface area contributed by atoms with Crippen LogP contribution in [0.2, 0.25) is 30.7 Å². The van der Waals surface area contributed by atoms with E-state index in [0.29, 0.717) is 41.2 Å². The zero-order chi connectivity index (χ0) is 33.8. The van der Waals surface area contributed by atoms with Crippen molar-refractivity contribution in [2.24, 2.45) is 5.92 Å². The molecule has 1 atom stereocenters. The van der Waals surface area contributed by atoms with Crippen LogP contribution in [-0.2, 0) is 16.2 Å². The maximum Gasteiger partial charge on any atom is 0.411 e. The fourth-order valence-electron chi connectivity index (χ4n) is 5.70. The van der Waals surface area contributed by atoms with Crippen molar-refractivity contribution in [2.75, 3.05) is 19.0 Å². The summed E-state index contributed by atoms with van der Waals surface area (Å²) in [6, 6.07) is 17.9. The molecule has 6 rings (SSSR count). The molecule has 11 nitrogen and oxygen atoms in total. The summed E-state index contributed by atoms with van der Waals surface area (Å²) in [6.07, 6.45) is 9.35. The molecule has 1 fully saturated rings. The summed E-state index contributed by atoms with van der Waals surface area (Å²) in [5.41, 5.74) is 5.27. The maximum absolute atomic E-state index is 14.0. The zero-order valence-electron chi connectivity index (χ0n) is 27.6. The van der Waals surface area contributed by atoms with Gasteiger partial charge in [0.25, 0.3) is 0 Å². The minimum absolute atomic E-state index is 0.257. The molecular formula is C35H40ClN7O4Si. The molecular weight excluding hydrogens is 646 g/mol. The number of carbonyl (C=O) groups excluding carboxylic acids is 1. The number of carbonyl (C=O) groups is 1. The normalized spacial score (nSPS) is 13.8. The van der Waals surface area contributed by atoms with E-state index in [0.717, 1.165) is 58.4 Å². The zero-order valence-corrected chi connectivity index (χ0v) is 29.4. The Hall–Kier alpha value is -4.52. The molecule has 3 heterocycles. The molecule has 0 aliphatic heterocycles. The van der Waals surface area contributed by atoms with Gasteiger partial charge in [-0.2, -0.15) is 4.73 Å². The Morgan fingerprint density at radius 1 is 1.12 bits per heavy atom. The second-order valence-corrected chi connectivity index (χ2v) is 19.4. The van der Waals surface area contributed by atoms with Crippen molar-refractivity contribution >= 4 is 31.5 Å². The van der Waals surface area contributed by atoms with Gasteiger partial charge in [0.05, 0.1) is 37.1 Å². The Bertz CT molecular complexity index is 1870. The summed E-state index contributed by atoms with van der Waals surface area (Å²) in [5, 5.41) is 25.3. The van der Waals surface area contributed by atoms with Gasteiger partial charge in [0.1, 0.15) is 18.5 Å². The third-order valence-corrected chi connectivity index (χ3v) is 10.5. The van der Waals surface area contributed by atoms with Crippen molar-refractivity contribution in [3.63, 3.8) is 0 Å². The molecule has 5 aromatic rings. The number of rotatable bonds is 13. The Labute approximate surface area is 286 Å². The Kier molecular flexibility index (Phi) is 9.95. The van der Waals surface area contributed by atoms with Gasteiger partial charge in [-0.15, -0.1) is 5.10 Å². The number of hydrogen-bond donors (Lipinski definition) is 1. The molecule has 2 aromatic carbocycles. The SMILES string of the molecule is COC(=O)Nc1ccc(-c2cnc(C(CC3CC3)c3ccc(-c4cc(Cl)ccc4-n4ccnn4)c[n+]3[O-])n2COCC[Si](C)(C)C)cc1. The Morgan fingerprint density at radius 2 is 1.90 bits per heavy atom. The minimum atomic E-state index is -1.30. The molecule has 0 radical (unpaired) electrons. The second kappa shape index (κ2) is 14.3. The van der Waals surface area contributed by atoms with Crippen LogP contribution in [0.1, 0.15) is 36.7 Å². The molecule has 3 aromatic heterocycles. The van der Waals surface area contributed by atoms with Crippen molar-refractivity contribution in [3.8, 4) is 28.1 Å². The van der Waals surface area contributed by atoms with Gasteiger partial charge in [-0.1, -0.05) is 61.4 Å². The molecule has 1 N–H and O–H groups in total. The summed E-state index contributed by atoms with van der Waals surface area (Å²) in [4.78, 5) is 16.7. The largest absolute Gasteiger partial charge is 0.618 e. The summed E-state index contributed by atoms with van der Waals surface area (Å²) in [7, 11) is 0.0258. The van der Waals surface area contributed by atoms with Crippen molar-refractivity contribution in [1.82, 2.24) is 24.5 Å². The first-order chi connectivity index (χ1) is 23.1. The van der Waals surface area contributed by atoms with Gasteiger partial charge in [0.15, 0.2) is 6.20 Å². The van der Waals surface area contributed by atoms with E-state index in [4.69, 9.17) is 26.1 Å². The second-order valence-electron chi connectivity index (χ2n) is 13.4. The van der Waals surface area contributed by atoms with E-state index < -0.39 is 14.2 Å². The van der Waals surface area contributed by atoms with Gasteiger partial charge >= 0.3 is 6.09 Å². The number of ether oxygens (including phenoxy) is 2. The molecule has 0 spiro atoms. The first kappa shape index (κ1) is 33.4. The fraction of sp³-hybridized carbons (Fsp3) is 0.343. The number of imidazole rings is 1. The highest BCUT2D eigenvalue weighted by atomic mass is 35.5. The lowest BCUT2D eigenvalue weighted by Crippen LogP contribution is -2.34. The highest BCUT2D eigenvalue weighted by molar-refractivity contribution is 6.76. The number of amides is 1. The highest BCUT2D eigenvalue weighted by Crippen LogP contribution is 2.42. The van der Waals surface area contributed by atoms with Gasteiger partial charge in [-0.3, -0.25) is 5.32 Å². The molecule has 0 bridgehead atoms. The number of benzene rings is 2. The van der Waals surface area contributed by atoms with Crippen LogP contribution in [-0.4, -0.2) is 52.4 Å². The van der Waals surface area contributed by atoms with E-state index in [1.54, 1.807) is 29.3 Å². The lowest BCUT2D eigenvalue weighted by Gasteiger charge is -2.21. The average Bonchev–Trinajstić information content (AvgIpc) is 3.53. The fourth-order valence-corrected chi connectivity index (χ4v) is 6.63. The number of halogens is 1. The van der Waals surface area contributed by atoms with Crippen LogP contribution in [0.5, 0.6) is 0 Å². The monoisotopic (exact) mass is 685 g/mol. The number of nitrogens with zero attached hydrogens (tertiary/aromatic N) is 6. The van der Waals surface area contributed by atoms with E-state index in [1.807, 2.05) is 54.7 Å². The van der Waals surface area contributed by atoms with Gasteiger partial charge in [-0.05, 0) is 60.3 Å². The molecule has 1 aliphatic carbocycles. The molecule has 1 aliphatic rings. The van der Waals surface area contributed by atoms with E-state index >= 15 is 0 Å². The molecule has 1 unspecified atom stereocenters. The lowest BCUT2D eigenvalue weighted by atomic mass is 9.95. The number of pyridine rings is 1. The first-order valence-corrected chi connectivity index (χ1v) is 20.2. The van der Waals surface area contributed by atoms with Gasteiger partial charge in [0.2, 0.25) is 5.69 Å². The highest BCUT2D eigenvalue weighted by Gasteiger charge is 2.35. The standard InChI is InChI=1S/C35H40ClN7O4Si/c1-46-35(44)39-28-11-7-25(8-12-28)33-21-37-34(41(33)23-47-17-18-48(2,3)4)30(19-24-5-6-24)32-13-9-26(22-43(32)45)29-20-27(36)10-14-31(29)42-16-15-38-40-42/h7-16,20-22,24,30H,5-6,17-19,23H2,1-4H3,(H,39,44). The maximum atomic E-state index is 14.0. The van der Waals surface area contributed by atoms with Gasteiger partial charge in [-0.25, -0.2) is 14.5 Å². The summed E-state index contributed by atoms with van der Waals surface area (Å²) in [6.45, 7) is 7.93. The number of nitrogens with one attached hydrogen (secondary N) is 1. The van der Waals surface area contributed by atoms with E-state index in [1.165, 1.54) is 7.11 Å². The number of methoxy groups -OCH3 is 1. The number of anilines is 1. The van der Waals surface area contributed by atoms with Gasteiger partial charge < -0.3 is 19.2 Å². The smallest absolute Gasteiger partial charge is 0.411 e. The van der Waals surface area contributed by atoms with Crippen LogP contribution in [0, 0.1) is 11.1 Å². The Morgan fingerprint density at radius 3 is 2.56 bits per heavy atom.